The highest BCUT2D eigenvalue weighted by atomic mass is 35.5. The van der Waals surface area contributed by atoms with Crippen molar-refractivity contribution >= 4 is 23.2 Å². The molecule has 1 aromatic carbocycles. The van der Waals surface area contributed by atoms with Crippen molar-refractivity contribution in [3.63, 3.8) is 0 Å². The van der Waals surface area contributed by atoms with Crippen LogP contribution in [0.5, 0.6) is 0 Å². The Hall–Kier alpha value is -1.10. The molecule has 0 radical (unpaired) electrons. The van der Waals surface area contributed by atoms with Gasteiger partial charge >= 0.3 is 0 Å². The number of carbonyl (C=O) groups excluding carboxylic acids is 1. The van der Waals surface area contributed by atoms with Gasteiger partial charge in [-0.3, -0.25) is 9.69 Å². The summed E-state index contributed by atoms with van der Waals surface area (Å²) in [5, 5.41) is 3.63. The molecule has 2 rings (SSSR count). The fourth-order valence-corrected chi connectivity index (χ4v) is 2.86. The summed E-state index contributed by atoms with van der Waals surface area (Å²) in [5.74, 6) is 0.0118. The summed E-state index contributed by atoms with van der Waals surface area (Å²) in [6, 6.07) is 6.09. The molecular weight excluding hydrogens is 274 g/mol. The third kappa shape index (κ3) is 3.95. The SMILES string of the molecule is Cc1cc(Cl)ccc1NC(=O)CN1CCC(N)CC1C. The number of anilines is 1. The summed E-state index contributed by atoms with van der Waals surface area (Å²) in [7, 11) is 0. The number of nitrogens with zero attached hydrogens (tertiary/aromatic N) is 1. The van der Waals surface area contributed by atoms with Crippen LogP contribution >= 0.6 is 11.6 Å². The minimum Gasteiger partial charge on any atom is -0.328 e. The predicted octanol–water partition coefficient (Wildman–Crippen LogP) is 2.40. The van der Waals surface area contributed by atoms with Crippen LogP contribution in [0.25, 0.3) is 0 Å². The standard InChI is InChI=1S/C15H22ClN3O/c1-10-7-12(16)3-4-14(10)18-15(20)9-19-6-5-13(17)8-11(19)2/h3-4,7,11,13H,5-6,8-9,17H2,1-2H3,(H,18,20). The van der Waals surface area contributed by atoms with E-state index in [0.717, 1.165) is 30.6 Å². The zero-order chi connectivity index (χ0) is 14.7. The molecule has 2 unspecified atom stereocenters. The number of hydrogen-bond donors (Lipinski definition) is 2. The molecule has 1 amide bonds. The number of piperidine rings is 1. The van der Waals surface area contributed by atoms with Crippen molar-refractivity contribution in [2.45, 2.75) is 38.8 Å². The maximum Gasteiger partial charge on any atom is 0.238 e. The van der Waals surface area contributed by atoms with Crippen LogP contribution in [0.3, 0.4) is 0 Å². The number of halogens is 1. The van der Waals surface area contributed by atoms with Gasteiger partial charge in [0.2, 0.25) is 5.91 Å². The molecule has 1 aromatic rings. The number of hydrogen-bond acceptors (Lipinski definition) is 3. The Bertz CT molecular complexity index is 492. The quantitative estimate of drug-likeness (QED) is 0.900. The monoisotopic (exact) mass is 295 g/mol. The molecule has 0 bridgehead atoms. The van der Waals surface area contributed by atoms with Crippen molar-refractivity contribution in [2.24, 2.45) is 5.73 Å². The normalized spacial score (nSPS) is 23.6. The Morgan fingerprint density at radius 1 is 1.55 bits per heavy atom. The molecule has 5 heteroatoms. The van der Waals surface area contributed by atoms with Crippen LogP contribution in [0.1, 0.15) is 25.3 Å². The van der Waals surface area contributed by atoms with Crippen LogP contribution in [0, 0.1) is 6.92 Å². The Balaban J connectivity index is 1.92. The number of carbonyl (C=O) groups is 1. The summed E-state index contributed by atoms with van der Waals surface area (Å²) in [6.07, 6.45) is 1.91. The second-order valence-corrected chi connectivity index (χ2v) is 6.05. The lowest BCUT2D eigenvalue weighted by molar-refractivity contribution is -0.118. The summed E-state index contributed by atoms with van der Waals surface area (Å²) < 4.78 is 0. The second-order valence-electron chi connectivity index (χ2n) is 5.61. The molecule has 3 N–H and O–H groups in total. The van der Waals surface area contributed by atoms with Crippen molar-refractivity contribution < 1.29 is 4.79 Å². The number of nitrogens with one attached hydrogen (secondary N) is 1. The summed E-state index contributed by atoms with van der Waals surface area (Å²) in [6.45, 7) is 5.36. The van der Waals surface area contributed by atoms with Gasteiger partial charge in [0.15, 0.2) is 0 Å². The largest absolute Gasteiger partial charge is 0.328 e. The van der Waals surface area contributed by atoms with E-state index >= 15 is 0 Å². The highest BCUT2D eigenvalue weighted by Gasteiger charge is 2.24. The van der Waals surface area contributed by atoms with Gasteiger partial charge in [0, 0.05) is 29.3 Å². The second kappa shape index (κ2) is 6.57. The van der Waals surface area contributed by atoms with Crippen molar-refractivity contribution in [1.29, 1.82) is 0 Å². The number of benzene rings is 1. The third-order valence-corrected chi connectivity index (χ3v) is 4.10. The highest BCUT2D eigenvalue weighted by molar-refractivity contribution is 6.30. The number of aryl methyl sites for hydroxylation is 1. The first-order chi connectivity index (χ1) is 9.45. The van der Waals surface area contributed by atoms with Crippen molar-refractivity contribution in [3.8, 4) is 0 Å². The van der Waals surface area contributed by atoms with Crippen LogP contribution in [0.4, 0.5) is 5.69 Å². The lowest BCUT2D eigenvalue weighted by Gasteiger charge is -2.35. The fourth-order valence-electron chi connectivity index (χ4n) is 2.63. The summed E-state index contributed by atoms with van der Waals surface area (Å²) in [4.78, 5) is 14.3. The average Bonchev–Trinajstić information content (AvgIpc) is 2.36. The van der Waals surface area contributed by atoms with Crippen LogP contribution < -0.4 is 11.1 Å². The van der Waals surface area contributed by atoms with E-state index in [2.05, 4.69) is 17.1 Å². The minimum atomic E-state index is 0.0118. The molecular formula is C15H22ClN3O. The molecule has 0 aliphatic carbocycles. The van der Waals surface area contributed by atoms with Crippen molar-refractivity contribution in [1.82, 2.24) is 4.90 Å². The van der Waals surface area contributed by atoms with E-state index in [-0.39, 0.29) is 11.9 Å². The van der Waals surface area contributed by atoms with Crippen LogP contribution in [-0.4, -0.2) is 36.0 Å². The van der Waals surface area contributed by atoms with Gasteiger partial charge < -0.3 is 11.1 Å². The molecule has 1 aliphatic heterocycles. The molecule has 0 saturated carbocycles. The summed E-state index contributed by atoms with van der Waals surface area (Å²) >= 11 is 5.91. The van der Waals surface area contributed by atoms with E-state index in [0.29, 0.717) is 17.6 Å². The van der Waals surface area contributed by atoms with E-state index in [1.54, 1.807) is 6.07 Å². The van der Waals surface area contributed by atoms with Gasteiger partial charge in [-0.1, -0.05) is 11.6 Å². The molecule has 1 heterocycles. The lowest BCUT2D eigenvalue weighted by atomic mass is 9.99. The van der Waals surface area contributed by atoms with E-state index in [1.165, 1.54) is 0 Å². The van der Waals surface area contributed by atoms with Gasteiger partial charge in [-0.2, -0.15) is 0 Å². The molecule has 2 atom stereocenters. The predicted molar refractivity (Wildman–Crippen MR) is 83.1 cm³/mol. The topological polar surface area (TPSA) is 58.4 Å². The molecule has 20 heavy (non-hydrogen) atoms. The Labute approximate surface area is 125 Å². The summed E-state index contributed by atoms with van der Waals surface area (Å²) in [5.41, 5.74) is 7.73. The third-order valence-electron chi connectivity index (χ3n) is 3.86. The van der Waals surface area contributed by atoms with Gasteiger partial charge in [-0.25, -0.2) is 0 Å². The number of likely N-dealkylation sites (tertiary alicyclic amines) is 1. The Kier molecular flexibility index (Phi) is 5.02. The Morgan fingerprint density at radius 3 is 2.95 bits per heavy atom. The first kappa shape index (κ1) is 15.3. The number of nitrogens with two attached hydrogens (primary N) is 1. The molecule has 4 nitrogen and oxygen atoms in total. The molecule has 1 aliphatic rings. The van der Waals surface area contributed by atoms with Crippen LogP contribution in [0.15, 0.2) is 18.2 Å². The van der Waals surface area contributed by atoms with Gasteiger partial charge in [0.1, 0.15) is 0 Å². The number of rotatable bonds is 3. The Morgan fingerprint density at radius 2 is 2.30 bits per heavy atom. The van der Waals surface area contributed by atoms with E-state index < -0.39 is 0 Å². The first-order valence-electron chi connectivity index (χ1n) is 7.01. The molecule has 1 saturated heterocycles. The molecule has 110 valence electrons. The lowest BCUT2D eigenvalue weighted by Crippen LogP contribution is -2.48. The average molecular weight is 296 g/mol. The van der Waals surface area contributed by atoms with Gasteiger partial charge in [0.05, 0.1) is 6.54 Å². The smallest absolute Gasteiger partial charge is 0.238 e. The zero-order valence-electron chi connectivity index (χ0n) is 12.0. The van der Waals surface area contributed by atoms with E-state index in [9.17, 15) is 4.79 Å². The van der Waals surface area contributed by atoms with Gasteiger partial charge in [0.25, 0.3) is 0 Å². The number of amides is 1. The maximum absolute atomic E-state index is 12.1. The van der Waals surface area contributed by atoms with Crippen LogP contribution in [-0.2, 0) is 4.79 Å². The van der Waals surface area contributed by atoms with Gasteiger partial charge in [-0.15, -0.1) is 0 Å². The first-order valence-corrected chi connectivity index (χ1v) is 7.39. The van der Waals surface area contributed by atoms with E-state index in [4.69, 9.17) is 17.3 Å². The molecule has 0 aromatic heterocycles. The highest BCUT2D eigenvalue weighted by Crippen LogP contribution is 2.20. The van der Waals surface area contributed by atoms with E-state index in [1.807, 2.05) is 19.1 Å². The zero-order valence-corrected chi connectivity index (χ0v) is 12.8. The van der Waals surface area contributed by atoms with Crippen molar-refractivity contribution in [2.75, 3.05) is 18.4 Å². The minimum absolute atomic E-state index is 0.0118. The fraction of sp³-hybridized carbons (Fsp3) is 0.533. The van der Waals surface area contributed by atoms with Crippen LogP contribution in [0.2, 0.25) is 5.02 Å². The van der Waals surface area contributed by atoms with Gasteiger partial charge in [-0.05, 0) is 50.5 Å². The van der Waals surface area contributed by atoms with Crippen molar-refractivity contribution in [3.05, 3.63) is 28.8 Å². The molecule has 1 fully saturated rings. The molecule has 0 spiro atoms. The maximum atomic E-state index is 12.1.